The Morgan fingerprint density at radius 3 is 2.35 bits per heavy atom. The molecule has 26 heavy (non-hydrogen) atoms. The number of fused-ring (bicyclic) bond motifs is 1. The first-order valence-electron chi connectivity index (χ1n) is 7.47. The minimum absolute atomic E-state index is 0.0365. The fraction of sp³-hybridized carbons (Fsp3) is 0.0556. The van der Waals surface area contributed by atoms with E-state index in [0.717, 1.165) is 15.1 Å². The molecule has 0 atom stereocenters. The SMILES string of the molecule is O=C(O)CN(c1ccc2ccccc2c1)S(=O)(=O)c1cc(Cl)ccc1Cl. The molecule has 0 amide bonds. The van der Waals surface area contributed by atoms with Gasteiger partial charge in [0.1, 0.15) is 11.4 Å². The van der Waals surface area contributed by atoms with Gasteiger partial charge < -0.3 is 5.11 Å². The topological polar surface area (TPSA) is 74.7 Å². The van der Waals surface area contributed by atoms with Crippen molar-refractivity contribution < 1.29 is 18.3 Å². The van der Waals surface area contributed by atoms with Gasteiger partial charge in [-0.15, -0.1) is 0 Å². The molecule has 0 bridgehead atoms. The molecular formula is C18H13Cl2NO4S. The summed E-state index contributed by atoms with van der Waals surface area (Å²) in [6, 6.07) is 16.3. The van der Waals surface area contributed by atoms with Gasteiger partial charge in [-0.3, -0.25) is 9.10 Å². The zero-order valence-electron chi connectivity index (χ0n) is 13.3. The number of hydrogen-bond acceptors (Lipinski definition) is 3. The molecule has 0 heterocycles. The van der Waals surface area contributed by atoms with E-state index in [2.05, 4.69) is 0 Å². The van der Waals surface area contributed by atoms with Gasteiger partial charge in [0.25, 0.3) is 10.0 Å². The molecule has 1 N–H and O–H groups in total. The Balaban J connectivity index is 2.18. The summed E-state index contributed by atoms with van der Waals surface area (Å²) in [6.07, 6.45) is 0. The summed E-state index contributed by atoms with van der Waals surface area (Å²) < 4.78 is 27.0. The number of nitrogens with zero attached hydrogens (tertiary/aromatic N) is 1. The number of rotatable bonds is 5. The van der Waals surface area contributed by atoms with E-state index in [9.17, 15) is 18.3 Å². The molecule has 0 fully saturated rings. The van der Waals surface area contributed by atoms with Gasteiger partial charge in [0.2, 0.25) is 0 Å². The monoisotopic (exact) mass is 409 g/mol. The second kappa shape index (κ2) is 7.15. The summed E-state index contributed by atoms with van der Waals surface area (Å²) in [6.45, 7) is -0.747. The first-order valence-corrected chi connectivity index (χ1v) is 9.67. The zero-order chi connectivity index (χ0) is 18.9. The lowest BCUT2D eigenvalue weighted by molar-refractivity contribution is -0.135. The molecule has 3 aromatic carbocycles. The molecule has 0 aliphatic carbocycles. The van der Waals surface area contributed by atoms with Crippen molar-refractivity contribution in [1.29, 1.82) is 0 Å². The van der Waals surface area contributed by atoms with E-state index >= 15 is 0 Å². The Hall–Kier alpha value is -2.28. The van der Waals surface area contributed by atoms with Crippen LogP contribution in [0, 0.1) is 0 Å². The van der Waals surface area contributed by atoms with Gasteiger partial charge in [-0.1, -0.05) is 53.5 Å². The molecule has 3 rings (SSSR count). The van der Waals surface area contributed by atoms with Crippen molar-refractivity contribution in [2.45, 2.75) is 4.90 Å². The van der Waals surface area contributed by atoms with Gasteiger partial charge >= 0.3 is 5.97 Å². The first kappa shape index (κ1) is 18.5. The van der Waals surface area contributed by atoms with Gasteiger partial charge in [-0.25, -0.2) is 8.42 Å². The number of carboxylic acids is 1. The summed E-state index contributed by atoms with van der Waals surface area (Å²) in [5, 5.41) is 11.1. The van der Waals surface area contributed by atoms with Crippen LogP contribution in [0.3, 0.4) is 0 Å². The Bertz CT molecular complexity index is 1100. The summed E-state index contributed by atoms with van der Waals surface area (Å²) >= 11 is 11.9. The number of anilines is 1. The van der Waals surface area contributed by atoms with Crippen LogP contribution in [-0.2, 0) is 14.8 Å². The number of halogens is 2. The second-order valence-corrected chi connectivity index (χ2v) is 8.19. The number of carboxylic acid groups (broad SMARTS) is 1. The third-order valence-corrected chi connectivity index (χ3v) is 6.25. The van der Waals surface area contributed by atoms with Crippen LogP contribution in [0.25, 0.3) is 10.8 Å². The quantitative estimate of drug-likeness (QED) is 0.676. The summed E-state index contributed by atoms with van der Waals surface area (Å²) in [5.41, 5.74) is 0.224. The van der Waals surface area contributed by atoms with Gasteiger partial charge in [0.05, 0.1) is 10.7 Å². The van der Waals surface area contributed by atoms with Crippen molar-refractivity contribution in [2.75, 3.05) is 10.8 Å². The highest BCUT2D eigenvalue weighted by Gasteiger charge is 2.29. The lowest BCUT2D eigenvalue weighted by Crippen LogP contribution is -2.35. The molecule has 8 heteroatoms. The van der Waals surface area contributed by atoms with Crippen molar-refractivity contribution in [1.82, 2.24) is 0 Å². The van der Waals surface area contributed by atoms with Crippen molar-refractivity contribution >= 4 is 55.7 Å². The highest BCUT2D eigenvalue weighted by atomic mass is 35.5. The number of sulfonamides is 1. The lowest BCUT2D eigenvalue weighted by atomic mass is 10.1. The average Bonchev–Trinajstić information content (AvgIpc) is 2.61. The summed E-state index contributed by atoms with van der Waals surface area (Å²) in [4.78, 5) is 11.1. The number of hydrogen-bond donors (Lipinski definition) is 1. The molecule has 0 aliphatic heterocycles. The largest absolute Gasteiger partial charge is 0.480 e. The Morgan fingerprint density at radius 1 is 0.962 bits per heavy atom. The fourth-order valence-electron chi connectivity index (χ4n) is 2.56. The normalized spacial score (nSPS) is 11.5. The second-order valence-electron chi connectivity index (χ2n) is 5.51. The molecule has 134 valence electrons. The van der Waals surface area contributed by atoms with E-state index in [1.807, 2.05) is 24.3 Å². The Morgan fingerprint density at radius 2 is 1.65 bits per heavy atom. The maximum absolute atomic E-state index is 13.1. The van der Waals surface area contributed by atoms with Crippen molar-refractivity contribution in [3.63, 3.8) is 0 Å². The third kappa shape index (κ3) is 3.62. The van der Waals surface area contributed by atoms with E-state index in [4.69, 9.17) is 23.2 Å². The molecule has 0 saturated carbocycles. The number of aliphatic carboxylic acids is 1. The van der Waals surface area contributed by atoms with Crippen LogP contribution in [0.2, 0.25) is 10.0 Å². The number of benzene rings is 3. The van der Waals surface area contributed by atoms with Crippen molar-refractivity contribution in [3.8, 4) is 0 Å². The van der Waals surface area contributed by atoms with Crippen LogP contribution < -0.4 is 4.31 Å². The van der Waals surface area contributed by atoms with Crippen LogP contribution in [0.15, 0.2) is 65.6 Å². The Labute approximate surface area is 160 Å². The maximum atomic E-state index is 13.1. The predicted octanol–water partition coefficient (Wildman–Crippen LogP) is 4.43. The van der Waals surface area contributed by atoms with Crippen molar-refractivity contribution in [2.24, 2.45) is 0 Å². The van der Waals surface area contributed by atoms with Crippen LogP contribution in [0.1, 0.15) is 0 Å². The highest BCUT2D eigenvalue weighted by molar-refractivity contribution is 7.93. The molecular weight excluding hydrogens is 397 g/mol. The first-order chi connectivity index (χ1) is 12.3. The van der Waals surface area contributed by atoms with Crippen LogP contribution >= 0.6 is 23.2 Å². The van der Waals surface area contributed by atoms with E-state index in [-0.39, 0.29) is 20.6 Å². The van der Waals surface area contributed by atoms with Gasteiger partial charge in [-0.05, 0) is 41.1 Å². The smallest absolute Gasteiger partial charge is 0.324 e. The van der Waals surface area contributed by atoms with Gasteiger partial charge in [-0.2, -0.15) is 0 Å². The average molecular weight is 410 g/mol. The standard InChI is InChI=1S/C18H13Cl2NO4S/c19-14-6-8-16(20)17(10-14)26(24,25)21(11-18(22)23)15-7-5-12-3-1-2-4-13(12)9-15/h1-10H,11H2,(H,22,23). The maximum Gasteiger partial charge on any atom is 0.324 e. The third-order valence-electron chi connectivity index (χ3n) is 3.76. The summed E-state index contributed by atoms with van der Waals surface area (Å²) in [7, 11) is -4.23. The van der Waals surface area contributed by atoms with E-state index in [1.54, 1.807) is 18.2 Å². The van der Waals surface area contributed by atoms with Crippen LogP contribution in [-0.4, -0.2) is 26.0 Å². The molecule has 3 aromatic rings. The van der Waals surface area contributed by atoms with Gasteiger partial charge in [0, 0.05) is 5.02 Å². The van der Waals surface area contributed by atoms with Crippen molar-refractivity contribution in [3.05, 3.63) is 70.7 Å². The predicted molar refractivity (Wildman–Crippen MR) is 103 cm³/mol. The Kier molecular flexibility index (Phi) is 5.09. The van der Waals surface area contributed by atoms with Gasteiger partial charge in [0.15, 0.2) is 0 Å². The molecule has 0 radical (unpaired) electrons. The molecule has 0 unspecified atom stereocenters. The minimum atomic E-state index is -4.23. The fourth-order valence-corrected chi connectivity index (χ4v) is 4.71. The molecule has 0 spiro atoms. The lowest BCUT2D eigenvalue weighted by Gasteiger charge is -2.23. The van der Waals surface area contributed by atoms with Crippen LogP contribution in [0.4, 0.5) is 5.69 Å². The van der Waals surface area contributed by atoms with E-state index < -0.39 is 22.5 Å². The zero-order valence-corrected chi connectivity index (χ0v) is 15.6. The van der Waals surface area contributed by atoms with E-state index in [0.29, 0.717) is 0 Å². The molecule has 5 nitrogen and oxygen atoms in total. The minimum Gasteiger partial charge on any atom is -0.480 e. The molecule has 0 aromatic heterocycles. The molecule has 0 saturated heterocycles. The molecule has 0 aliphatic rings. The van der Waals surface area contributed by atoms with Crippen LogP contribution in [0.5, 0.6) is 0 Å². The highest BCUT2D eigenvalue weighted by Crippen LogP contribution is 2.32. The number of carbonyl (C=O) groups is 1. The summed E-state index contributed by atoms with van der Waals surface area (Å²) in [5.74, 6) is -1.29. The van der Waals surface area contributed by atoms with E-state index in [1.165, 1.54) is 18.2 Å².